The van der Waals surface area contributed by atoms with Crippen LogP contribution in [0.3, 0.4) is 0 Å². The number of aromatic nitrogens is 1. The summed E-state index contributed by atoms with van der Waals surface area (Å²) in [6.07, 6.45) is 4.21. The van der Waals surface area contributed by atoms with E-state index < -0.39 is 6.04 Å². The second-order valence-corrected chi connectivity index (χ2v) is 11.4. The first kappa shape index (κ1) is 30.1. The third-order valence-electron chi connectivity index (χ3n) is 7.76. The van der Waals surface area contributed by atoms with E-state index in [2.05, 4.69) is 38.7 Å². The quantitative estimate of drug-likeness (QED) is 0.234. The number of carbonyl (C=O) groups is 2. The predicted octanol–water partition coefficient (Wildman–Crippen LogP) is 4.89. The summed E-state index contributed by atoms with van der Waals surface area (Å²) in [7, 11) is 4.08. The van der Waals surface area contributed by atoms with Crippen LogP contribution < -0.4 is 15.4 Å². The third kappa shape index (κ3) is 8.35. The zero-order chi connectivity index (χ0) is 30.2. The van der Waals surface area contributed by atoms with Gasteiger partial charge in [-0.1, -0.05) is 42.5 Å². The molecule has 1 aliphatic rings. The average molecular weight is 586 g/mol. The average Bonchev–Trinajstić information content (AvgIpc) is 3.41. The number of benzene rings is 3. The summed E-state index contributed by atoms with van der Waals surface area (Å²) in [6.45, 7) is 2.33. The number of hydrogen-bond donors (Lipinski definition) is 3. The first-order valence-electron chi connectivity index (χ1n) is 14.9. The highest BCUT2D eigenvalue weighted by Crippen LogP contribution is 2.21. The van der Waals surface area contributed by atoms with Crippen molar-refractivity contribution in [3.63, 3.8) is 0 Å². The molecule has 0 bridgehead atoms. The Morgan fingerprint density at radius 3 is 2.53 bits per heavy atom. The second-order valence-electron chi connectivity index (χ2n) is 11.4. The molecule has 5 rings (SSSR count). The molecule has 3 amide bonds. The number of carbonyl (C=O) groups excluding carboxylic acids is 2. The molecule has 4 aromatic rings. The summed E-state index contributed by atoms with van der Waals surface area (Å²) in [5.74, 6) is 0.0982. The molecule has 8 nitrogen and oxygen atoms in total. The molecule has 1 aliphatic heterocycles. The van der Waals surface area contributed by atoms with E-state index in [9.17, 15) is 14.0 Å². The Bertz CT molecular complexity index is 1510. The molecule has 1 atom stereocenters. The second kappa shape index (κ2) is 14.2. The highest BCUT2D eigenvalue weighted by Gasteiger charge is 2.28. The van der Waals surface area contributed by atoms with E-state index in [0.717, 1.165) is 28.6 Å². The summed E-state index contributed by atoms with van der Waals surface area (Å²) in [5.41, 5.74) is 4.34. The van der Waals surface area contributed by atoms with Crippen molar-refractivity contribution in [3.8, 4) is 5.75 Å². The van der Waals surface area contributed by atoms with E-state index in [1.807, 2.05) is 50.6 Å². The topological polar surface area (TPSA) is 89.7 Å². The summed E-state index contributed by atoms with van der Waals surface area (Å²) < 4.78 is 19.2. The van der Waals surface area contributed by atoms with E-state index in [-0.39, 0.29) is 23.9 Å². The molecule has 0 spiro atoms. The number of hydrogen-bond acceptors (Lipinski definition) is 4. The van der Waals surface area contributed by atoms with Crippen molar-refractivity contribution in [2.45, 2.75) is 44.4 Å². The maximum atomic E-state index is 13.5. The standard InChI is InChI=1S/C34H40FN5O3/c1-39(2)23-25-7-5-6-24(20-25)14-17-36-33(41)32(21-26-22-37-31-9-4-3-8-30(26)31)38-34(42)40-18-15-29(16-19-40)43-28-12-10-27(35)11-13-28/h3-13,20,22,29,32,37H,14-19,21,23H2,1-2H3,(H,36,41)(H,38,42)/t32-/m1/s1. The maximum absolute atomic E-state index is 13.5. The van der Waals surface area contributed by atoms with E-state index in [0.29, 0.717) is 51.1 Å². The number of nitrogens with one attached hydrogen (secondary N) is 3. The van der Waals surface area contributed by atoms with Gasteiger partial charge < -0.3 is 30.2 Å². The van der Waals surface area contributed by atoms with E-state index in [1.165, 1.54) is 17.7 Å². The molecule has 3 aromatic carbocycles. The van der Waals surface area contributed by atoms with Crippen LogP contribution in [0.15, 0.2) is 79.0 Å². The van der Waals surface area contributed by atoms with Gasteiger partial charge in [-0.25, -0.2) is 9.18 Å². The van der Waals surface area contributed by atoms with Crippen molar-refractivity contribution in [1.29, 1.82) is 0 Å². The predicted molar refractivity (Wildman–Crippen MR) is 166 cm³/mol. The van der Waals surface area contributed by atoms with Gasteiger partial charge in [-0.2, -0.15) is 0 Å². The minimum Gasteiger partial charge on any atom is -0.490 e. The molecular weight excluding hydrogens is 545 g/mol. The Balaban J connectivity index is 1.20. The summed E-state index contributed by atoms with van der Waals surface area (Å²) >= 11 is 0. The fourth-order valence-corrected chi connectivity index (χ4v) is 5.55. The highest BCUT2D eigenvalue weighted by atomic mass is 19.1. The number of halogens is 1. The van der Waals surface area contributed by atoms with E-state index >= 15 is 0 Å². The SMILES string of the molecule is CN(C)Cc1cccc(CCNC(=O)[C@@H](Cc2c[nH]c3ccccc23)NC(=O)N2CCC(Oc3ccc(F)cc3)CC2)c1. The van der Waals surface area contributed by atoms with Crippen LogP contribution in [0.25, 0.3) is 10.9 Å². The van der Waals surface area contributed by atoms with Crippen molar-refractivity contribution in [3.05, 3.63) is 102 Å². The Kier molecular flexibility index (Phi) is 9.94. The van der Waals surface area contributed by atoms with Crippen molar-refractivity contribution in [2.75, 3.05) is 33.7 Å². The third-order valence-corrected chi connectivity index (χ3v) is 7.76. The Hall–Kier alpha value is -4.37. The Morgan fingerprint density at radius 2 is 1.77 bits per heavy atom. The van der Waals surface area contributed by atoms with Crippen molar-refractivity contribution >= 4 is 22.8 Å². The number of urea groups is 1. The fourth-order valence-electron chi connectivity index (χ4n) is 5.55. The lowest BCUT2D eigenvalue weighted by molar-refractivity contribution is -0.122. The minimum atomic E-state index is -0.736. The number of likely N-dealkylation sites (tertiary alicyclic amines) is 1. The van der Waals surface area contributed by atoms with Crippen molar-refractivity contribution in [1.82, 2.24) is 25.4 Å². The largest absolute Gasteiger partial charge is 0.490 e. The molecular formula is C34H40FN5O3. The molecule has 1 fully saturated rings. The number of nitrogens with zero attached hydrogens (tertiary/aromatic N) is 2. The number of aromatic amines is 1. The van der Waals surface area contributed by atoms with Crippen LogP contribution in [-0.4, -0.2) is 72.6 Å². The lowest BCUT2D eigenvalue weighted by Gasteiger charge is -2.33. The molecule has 43 heavy (non-hydrogen) atoms. The van der Waals surface area contributed by atoms with E-state index in [4.69, 9.17) is 4.74 Å². The number of H-pyrrole nitrogens is 1. The van der Waals surface area contributed by atoms with Gasteiger partial charge in [-0.3, -0.25) is 4.79 Å². The minimum absolute atomic E-state index is 0.0592. The zero-order valence-corrected chi connectivity index (χ0v) is 24.8. The van der Waals surface area contributed by atoms with Gasteiger partial charge in [0.25, 0.3) is 0 Å². The van der Waals surface area contributed by atoms with Gasteiger partial charge in [0.2, 0.25) is 5.91 Å². The lowest BCUT2D eigenvalue weighted by atomic mass is 10.0. The first-order valence-corrected chi connectivity index (χ1v) is 14.9. The number of ether oxygens (including phenoxy) is 1. The van der Waals surface area contributed by atoms with Gasteiger partial charge in [-0.05, 0) is 67.5 Å². The lowest BCUT2D eigenvalue weighted by Crippen LogP contribution is -2.54. The monoisotopic (exact) mass is 585 g/mol. The molecule has 2 heterocycles. The van der Waals surface area contributed by atoms with Gasteiger partial charge in [-0.15, -0.1) is 0 Å². The molecule has 9 heteroatoms. The highest BCUT2D eigenvalue weighted by molar-refractivity contribution is 5.89. The van der Waals surface area contributed by atoms with Gasteiger partial charge in [0.05, 0.1) is 0 Å². The van der Waals surface area contributed by atoms with Gasteiger partial charge in [0.1, 0.15) is 23.7 Å². The van der Waals surface area contributed by atoms with Crippen LogP contribution in [-0.2, 0) is 24.2 Å². The molecule has 1 saturated heterocycles. The van der Waals surface area contributed by atoms with Crippen LogP contribution >= 0.6 is 0 Å². The zero-order valence-electron chi connectivity index (χ0n) is 24.8. The van der Waals surface area contributed by atoms with Gasteiger partial charge in [0.15, 0.2) is 0 Å². The van der Waals surface area contributed by atoms with Gasteiger partial charge in [0, 0.05) is 62.5 Å². The fraction of sp³-hybridized carbons (Fsp3) is 0.353. The number of amides is 3. The smallest absolute Gasteiger partial charge is 0.318 e. The normalized spacial score (nSPS) is 14.6. The van der Waals surface area contributed by atoms with Crippen LogP contribution in [0.1, 0.15) is 29.5 Å². The van der Waals surface area contributed by atoms with Crippen molar-refractivity contribution in [2.24, 2.45) is 0 Å². The van der Waals surface area contributed by atoms with Crippen LogP contribution in [0.5, 0.6) is 5.75 Å². The molecule has 0 unspecified atom stereocenters. The first-order chi connectivity index (χ1) is 20.8. The molecule has 226 valence electrons. The number of para-hydroxylation sites is 1. The molecule has 3 N–H and O–H groups in total. The van der Waals surface area contributed by atoms with Crippen LogP contribution in [0.4, 0.5) is 9.18 Å². The molecule has 0 radical (unpaired) electrons. The Morgan fingerprint density at radius 1 is 1.02 bits per heavy atom. The van der Waals surface area contributed by atoms with Crippen LogP contribution in [0.2, 0.25) is 0 Å². The number of fused-ring (bicyclic) bond motifs is 1. The molecule has 0 aliphatic carbocycles. The van der Waals surface area contributed by atoms with E-state index in [1.54, 1.807) is 17.0 Å². The van der Waals surface area contributed by atoms with Crippen molar-refractivity contribution < 1.29 is 18.7 Å². The Labute approximate surface area is 252 Å². The summed E-state index contributed by atoms with van der Waals surface area (Å²) in [5, 5.41) is 7.11. The molecule has 1 aromatic heterocycles. The number of rotatable bonds is 11. The number of piperidine rings is 1. The summed E-state index contributed by atoms with van der Waals surface area (Å²) in [4.78, 5) is 34.0. The molecule has 0 saturated carbocycles. The summed E-state index contributed by atoms with van der Waals surface area (Å²) in [6, 6.07) is 21.3. The maximum Gasteiger partial charge on any atom is 0.318 e. The van der Waals surface area contributed by atoms with Crippen LogP contribution in [0, 0.1) is 5.82 Å². The van der Waals surface area contributed by atoms with Gasteiger partial charge >= 0.3 is 6.03 Å².